The van der Waals surface area contributed by atoms with Gasteiger partial charge in [0.2, 0.25) is 0 Å². The van der Waals surface area contributed by atoms with Crippen molar-refractivity contribution in [2.24, 2.45) is 5.92 Å². The highest BCUT2D eigenvalue weighted by molar-refractivity contribution is 5.54. The number of nitrogens with zero attached hydrogens (tertiary/aromatic N) is 2. The van der Waals surface area contributed by atoms with Gasteiger partial charge in [0, 0.05) is 24.8 Å². The Morgan fingerprint density at radius 3 is 2.89 bits per heavy atom. The van der Waals surface area contributed by atoms with Gasteiger partial charge in [0.15, 0.2) is 0 Å². The van der Waals surface area contributed by atoms with Gasteiger partial charge >= 0.3 is 0 Å². The largest absolute Gasteiger partial charge is 0.369 e. The molecule has 0 bridgehead atoms. The zero-order valence-electron chi connectivity index (χ0n) is 11.9. The Morgan fingerprint density at radius 1 is 1.37 bits per heavy atom. The smallest absolute Gasteiger partial charge is 0.0638 e. The van der Waals surface area contributed by atoms with Crippen molar-refractivity contribution in [3.63, 3.8) is 0 Å². The van der Waals surface area contributed by atoms with Crippen molar-refractivity contribution in [2.75, 3.05) is 24.5 Å². The summed E-state index contributed by atoms with van der Waals surface area (Å²) in [5, 5.41) is 12.4. The van der Waals surface area contributed by atoms with Gasteiger partial charge in [0.05, 0.1) is 12.5 Å². The minimum atomic E-state index is 0.278. The molecule has 0 aromatic heterocycles. The van der Waals surface area contributed by atoms with Gasteiger partial charge in [-0.25, -0.2) is 0 Å². The number of anilines is 1. The van der Waals surface area contributed by atoms with E-state index < -0.39 is 0 Å². The first-order valence-corrected chi connectivity index (χ1v) is 7.17. The van der Waals surface area contributed by atoms with Crippen molar-refractivity contribution in [2.45, 2.75) is 32.7 Å². The lowest BCUT2D eigenvalue weighted by atomic mass is 10.1. The molecule has 1 aromatic carbocycles. The van der Waals surface area contributed by atoms with E-state index in [0.717, 1.165) is 26.1 Å². The molecule has 1 N–H and O–H groups in total. The second-order valence-electron chi connectivity index (χ2n) is 5.46. The first-order chi connectivity index (χ1) is 9.24. The molecule has 0 radical (unpaired) electrons. The molecule has 0 spiro atoms. The van der Waals surface area contributed by atoms with Gasteiger partial charge in [0.25, 0.3) is 0 Å². The van der Waals surface area contributed by atoms with E-state index in [1.54, 1.807) is 0 Å². The van der Waals surface area contributed by atoms with Crippen LogP contribution in [0.25, 0.3) is 0 Å². The molecular formula is C16H23N3. The van der Waals surface area contributed by atoms with Gasteiger partial charge in [-0.15, -0.1) is 0 Å². The van der Waals surface area contributed by atoms with Crippen LogP contribution in [0, 0.1) is 17.2 Å². The summed E-state index contributed by atoms with van der Waals surface area (Å²) < 4.78 is 0. The summed E-state index contributed by atoms with van der Waals surface area (Å²) in [7, 11) is 0. The lowest BCUT2D eigenvalue weighted by Gasteiger charge is -2.28. The van der Waals surface area contributed by atoms with Crippen molar-refractivity contribution >= 4 is 5.69 Å². The molecular weight excluding hydrogens is 234 g/mol. The van der Waals surface area contributed by atoms with E-state index in [1.807, 2.05) is 0 Å². The van der Waals surface area contributed by atoms with Crippen LogP contribution < -0.4 is 10.2 Å². The Bertz CT molecular complexity index is 450. The molecule has 2 rings (SSSR count). The van der Waals surface area contributed by atoms with E-state index in [-0.39, 0.29) is 6.04 Å². The predicted octanol–water partition coefficient (Wildman–Crippen LogP) is 2.58. The molecule has 3 nitrogen and oxygen atoms in total. The van der Waals surface area contributed by atoms with Crippen LogP contribution in [0.2, 0.25) is 0 Å². The van der Waals surface area contributed by atoms with Gasteiger partial charge < -0.3 is 10.2 Å². The Labute approximate surface area is 116 Å². The number of nitriles is 1. The van der Waals surface area contributed by atoms with Gasteiger partial charge in [-0.1, -0.05) is 32.0 Å². The van der Waals surface area contributed by atoms with Crippen LogP contribution in [0.5, 0.6) is 0 Å². The summed E-state index contributed by atoms with van der Waals surface area (Å²) in [6, 6.07) is 11.2. The maximum Gasteiger partial charge on any atom is 0.0638 e. The van der Waals surface area contributed by atoms with E-state index >= 15 is 0 Å². The molecule has 1 heterocycles. The molecule has 1 aromatic rings. The van der Waals surface area contributed by atoms with Crippen LogP contribution in [-0.2, 0) is 6.42 Å². The van der Waals surface area contributed by atoms with Crippen molar-refractivity contribution in [1.82, 2.24) is 5.32 Å². The van der Waals surface area contributed by atoms with Gasteiger partial charge in [-0.2, -0.15) is 5.26 Å². The van der Waals surface area contributed by atoms with E-state index in [0.29, 0.717) is 12.3 Å². The highest BCUT2D eigenvalue weighted by Crippen LogP contribution is 2.23. The third-order valence-corrected chi connectivity index (χ3v) is 3.78. The standard InChI is InChI=1S/C16H23N3/c1-3-14-6-4-5-7-16(14)19-11-13(2)10-18-15(12-19)8-9-17/h4-7,13,15,18H,3,8,10-12H2,1-2H3. The molecule has 0 aliphatic carbocycles. The third kappa shape index (κ3) is 3.48. The summed E-state index contributed by atoms with van der Waals surface area (Å²) in [4.78, 5) is 2.45. The highest BCUT2D eigenvalue weighted by Gasteiger charge is 2.22. The number of aryl methyl sites for hydroxylation is 1. The average molecular weight is 257 g/mol. The molecule has 1 aliphatic heterocycles. The Kier molecular flexibility index (Phi) is 4.81. The zero-order chi connectivity index (χ0) is 13.7. The number of rotatable bonds is 3. The summed E-state index contributed by atoms with van der Waals surface area (Å²) >= 11 is 0. The maximum absolute atomic E-state index is 8.93. The summed E-state index contributed by atoms with van der Waals surface area (Å²) in [6.45, 7) is 7.45. The van der Waals surface area contributed by atoms with Crippen molar-refractivity contribution in [3.8, 4) is 6.07 Å². The Hall–Kier alpha value is -1.53. The van der Waals surface area contributed by atoms with Crippen LogP contribution in [0.1, 0.15) is 25.8 Å². The summed E-state index contributed by atoms with van der Waals surface area (Å²) in [5.74, 6) is 0.605. The lowest BCUT2D eigenvalue weighted by Crippen LogP contribution is -2.37. The van der Waals surface area contributed by atoms with E-state index in [2.05, 4.69) is 54.4 Å². The van der Waals surface area contributed by atoms with Crippen LogP contribution in [0.15, 0.2) is 24.3 Å². The number of nitrogens with one attached hydrogen (secondary N) is 1. The Balaban J connectivity index is 2.22. The quantitative estimate of drug-likeness (QED) is 0.904. The topological polar surface area (TPSA) is 39.1 Å². The fourth-order valence-electron chi connectivity index (χ4n) is 2.78. The van der Waals surface area contributed by atoms with E-state index in [9.17, 15) is 0 Å². The molecule has 1 saturated heterocycles. The van der Waals surface area contributed by atoms with Gasteiger partial charge in [-0.05, 0) is 30.5 Å². The molecule has 0 amide bonds. The molecule has 1 fully saturated rings. The van der Waals surface area contributed by atoms with Crippen LogP contribution >= 0.6 is 0 Å². The molecule has 1 aliphatic rings. The number of para-hydroxylation sites is 1. The van der Waals surface area contributed by atoms with Crippen molar-refractivity contribution < 1.29 is 0 Å². The van der Waals surface area contributed by atoms with Crippen molar-refractivity contribution in [3.05, 3.63) is 29.8 Å². The zero-order valence-corrected chi connectivity index (χ0v) is 11.9. The molecule has 19 heavy (non-hydrogen) atoms. The molecule has 2 unspecified atom stereocenters. The highest BCUT2D eigenvalue weighted by atomic mass is 15.2. The predicted molar refractivity (Wildman–Crippen MR) is 79.2 cm³/mol. The van der Waals surface area contributed by atoms with E-state index in [4.69, 9.17) is 5.26 Å². The first-order valence-electron chi connectivity index (χ1n) is 7.17. The van der Waals surface area contributed by atoms with Crippen LogP contribution in [-0.4, -0.2) is 25.7 Å². The summed E-state index contributed by atoms with van der Waals surface area (Å²) in [5.41, 5.74) is 2.73. The average Bonchev–Trinajstić information content (AvgIpc) is 2.61. The molecule has 102 valence electrons. The fourth-order valence-corrected chi connectivity index (χ4v) is 2.78. The molecule has 0 saturated carbocycles. The van der Waals surface area contributed by atoms with Crippen LogP contribution in [0.4, 0.5) is 5.69 Å². The SMILES string of the molecule is CCc1ccccc1N1CC(C)CNC(CC#N)C1. The summed E-state index contributed by atoms with van der Waals surface area (Å²) in [6.07, 6.45) is 1.63. The number of hydrogen-bond donors (Lipinski definition) is 1. The molecule has 3 heteroatoms. The minimum Gasteiger partial charge on any atom is -0.369 e. The molecule has 2 atom stereocenters. The normalized spacial score (nSPS) is 23.7. The number of benzene rings is 1. The lowest BCUT2D eigenvalue weighted by molar-refractivity contribution is 0.509. The van der Waals surface area contributed by atoms with Gasteiger partial charge in [0.1, 0.15) is 0 Å². The van der Waals surface area contributed by atoms with Crippen molar-refractivity contribution in [1.29, 1.82) is 5.26 Å². The second kappa shape index (κ2) is 6.58. The number of hydrogen-bond acceptors (Lipinski definition) is 3. The Morgan fingerprint density at radius 2 is 2.16 bits per heavy atom. The van der Waals surface area contributed by atoms with Crippen LogP contribution in [0.3, 0.4) is 0 Å². The minimum absolute atomic E-state index is 0.278. The fraction of sp³-hybridized carbons (Fsp3) is 0.562. The first kappa shape index (κ1) is 13.9. The monoisotopic (exact) mass is 257 g/mol. The van der Waals surface area contributed by atoms with Gasteiger partial charge in [-0.3, -0.25) is 0 Å². The third-order valence-electron chi connectivity index (χ3n) is 3.78. The second-order valence-corrected chi connectivity index (χ2v) is 5.46. The van der Waals surface area contributed by atoms with E-state index in [1.165, 1.54) is 11.3 Å². The maximum atomic E-state index is 8.93.